The quantitative estimate of drug-likeness (QED) is 0.740. The van der Waals surface area contributed by atoms with E-state index in [1.54, 1.807) is 0 Å². The molecular weight excluding hydrogens is 236 g/mol. The van der Waals surface area contributed by atoms with Crippen LogP contribution < -0.4 is 5.19 Å². The highest BCUT2D eigenvalue weighted by atomic mass is 28.3. The van der Waals surface area contributed by atoms with E-state index in [0.717, 1.165) is 19.3 Å². The molecule has 98 valence electrons. The van der Waals surface area contributed by atoms with Gasteiger partial charge >= 0.3 is 0 Å². The minimum atomic E-state index is -1.58. The Morgan fingerprint density at radius 2 is 1.78 bits per heavy atom. The molecule has 1 nitrogen and oxygen atoms in total. The van der Waals surface area contributed by atoms with Crippen LogP contribution in [0.4, 0.5) is 0 Å². The Bertz CT molecular complexity index is 434. The molecule has 2 rings (SSSR count). The number of carbonyl (C=O) groups excluding carboxylic acids is 1. The van der Waals surface area contributed by atoms with Gasteiger partial charge < -0.3 is 0 Å². The van der Waals surface area contributed by atoms with Crippen molar-refractivity contribution in [3.63, 3.8) is 0 Å². The fraction of sp³-hybridized carbons (Fsp3) is 0.562. The molecule has 1 unspecified atom stereocenters. The van der Waals surface area contributed by atoms with E-state index in [2.05, 4.69) is 57.3 Å². The minimum absolute atomic E-state index is 0.305. The van der Waals surface area contributed by atoms with E-state index < -0.39 is 8.07 Å². The number of hydrogen-bond acceptors (Lipinski definition) is 1. The lowest BCUT2D eigenvalue weighted by atomic mass is 9.76. The van der Waals surface area contributed by atoms with Gasteiger partial charge in [-0.05, 0) is 17.4 Å². The van der Waals surface area contributed by atoms with E-state index in [9.17, 15) is 4.79 Å². The van der Waals surface area contributed by atoms with Crippen molar-refractivity contribution in [2.45, 2.75) is 51.7 Å². The molecule has 0 bridgehead atoms. The SMILES string of the molecule is CC1(C)CCC(=O)CC1[Si](C)(C)c1ccccc1. The number of carbonyl (C=O) groups is 1. The Balaban J connectivity index is 2.36. The van der Waals surface area contributed by atoms with Gasteiger partial charge in [-0.25, -0.2) is 0 Å². The molecule has 0 aromatic heterocycles. The fourth-order valence-corrected chi connectivity index (χ4v) is 7.83. The maximum atomic E-state index is 11.9. The van der Waals surface area contributed by atoms with E-state index in [4.69, 9.17) is 0 Å². The van der Waals surface area contributed by atoms with Crippen molar-refractivity contribution in [2.24, 2.45) is 5.41 Å². The summed E-state index contributed by atoms with van der Waals surface area (Å²) < 4.78 is 0. The van der Waals surface area contributed by atoms with Crippen LogP contribution in [0.2, 0.25) is 18.6 Å². The first kappa shape index (κ1) is 13.5. The van der Waals surface area contributed by atoms with Crippen molar-refractivity contribution in [1.82, 2.24) is 0 Å². The standard InChI is InChI=1S/C16H24OSi/c1-16(2)11-10-13(17)12-15(16)18(3,4)14-8-6-5-7-9-14/h5-9,15H,10-12H2,1-4H3. The van der Waals surface area contributed by atoms with Crippen molar-refractivity contribution in [3.8, 4) is 0 Å². The number of rotatable bonds is 2. The Labute approximate surface area is 112 Å². The van der Waals surface area contributed by atoms with Gasteiger partial charge in [-0.15, -0.1) is 0 Å². The molecule has 0 radical (unpaired) electrons. The third-order valence-electron chi connectivity index (χ3n) is 4.81. The lowest BCUT2D eigenvalue weighted by Crippen LogP contribution is -2.52. The summed E-state index contributed by atoms with van der Waals surface area (Å²) in [5.74, 6) is 0.468. The van der Waals surface area contributed by atoms with Crippen LogP contribution in [-0.4, -0.2) is 13.9 Å². The first-order valence-electron chi connectivity index (χ1n) is 6.91. The van der Waals surface area contributed by atoms with E-state index in [1.165, 1.54) is 5.19 Å². The molecule has 1 aliphatic carbocycles. The van der Waals surface area contributed by atoms with Crippen molar-refractivity contribution in [3.05, 3.63) is 30.3 Å². The Morgan fingerprint density at radius 1 is 1.17 bits per heavy atom. The molecule has 1 aromatic carbocycles. The monoisotopic (exact) mass is 260 g/mol. The zero-order chi connectivity index (χ0) is 13.4. The molecule has 1 atom stereocenters. The highest BCUT2D eigenvalue weighted by Gasteiger charge is 2.46. The summed E-state index contributed by atoms with van der Waals surface area (Å²) in [6.07, 6.45) is 2.63. The second-order valence-electron chi connectivity index (χ2n) is 6.87. The Kier molecular flexibility index (Phi) is 3.50. The molecule has 0 amide bonds. The second-order valence-corrected chi connectivity index (χ2v) is 11.6. The summed E-state index contributed by atoms with van der Waals surface area (Å²) in [4.78, 5) is 11.9. The molecule has 1 saturated carbocycles. The van der Waals surface area contributed by atoms with Crippen molar-refractivity contribution < 1.29 is 4.79 Å². The lowest BCUT2D eigenvalue weighted by molar-refractivity contribution is -0.122. The normalized spacial score (nSPS) is 24.0. The molecule has 1 aromatic rings. The van der Waals surface area contributed by atoms with Crippen LogP contribution in [0.25, 0.3) is 0 Å². The minimum Gasteiger partial charge on any atom is -0.300 e. The van der Waals surface area contributed by atoms with Crippen LogP contribution in [0, 0.1) is 5.41 Å². The van der Waals surface area contributed by atoms with E-state index in [-0.39, 0.29) is 0 Å². The number of hydrogen-bond donors (Lipinski definition) is 0. The van der Waals surface area contributed by atoms with Crippen LogP contribution in [0.15, 0.2) is 30.3 Å². The summed E-state index contributed by atoms with van der Waals surface area (Å²) in [5.41, 5.74) is 0.869. The number of benzene rings is 1. The summed E-state index contributed by atoms with van der Waals surface area (Å²) in [6, 6.07) is 10.8. The molecule has 0 N–H and O–H groups in total. The molecular formula is C16H24OSi. The summed E-state index contributed by atoms with van der Waals surface area (Å²) in [7, 11) is -1.58. The molecule has 1 aliphatic rings. The third-order valence-corrected chi connectivity index (χ3v) is 9.36. The zero-order valence-electron chi connectivity index (χ0n) is 12.0. The summed E-state index contributed by atoms with van der Waals surface area (Å²) >= 11 is 0. The fourth-order valence-electron chi connectivity index (χ4n) is 3.54. The Hall–Kier alpha value is -0.893. The van der Waals surface area contributed by atoms with Crippen LogP contribution in [0.1, 0.15) is 33.1 Å². The van der Waals surface area contributed by atoms with E-state index in [0.29, 0.717) is 16.7 Å². The van der Waals surface area contributed by atoms with E-state index >= 15 is 0 Å². The molecule has 0 spiro atoms. The molecule has 0 saturated heterocycles. The largest absolute Gasteiger partial charge is 0.300 e. The average Bonchev–Trinajstić information content (AvgIpc) is 2.33. The van der Waals surface area contributed by atoms with Gasteiger partial charge in [-0.3, -0.25) is 4.79 Å². The topological polar surface area (TPSA) is 17.1 Å². The van der Waals surface area contributed by atoms with E-state index in [1.807, 2.05) is 0 Å². The second kappa shape index (κ2) is 4.65. The van der Waals surface area contributed by atoms with Crippen molar-refractivity contribution in [1.29, 1.82) is 0 Å². The zero-order valence-corrected chi connectivity index (χ0v) is 13.0. The maximum absolute atomic E-state index is 11.9. The maximum Gasteiger partial charge on any atom is 0.132 e. The molecule has 1 fully saturated rings. The number of ketones is 1. The van der Waals surface area contributed by atoms with Crippen molar-refractivity contribution >= 4 is 19.0 Å². The van der Waals surface area contributed by atoms with Gasteiger partial charge in [-0.1, -0.05) is 62.5 Å². The summed E-state index contributed by atoms with van der Waals surface area (Å²) in [6.45, 7) is 9.55. The molecule has 0 aliphatic heterocycles. The third kappa shape index (κ3) is 2.44. The highest BCUT2D eigenvalue weighted by molar-refractivity contribution is 6.91. The van der Waals surface area contributed by atoms with Gasteiger partial charge in [0.05, 0.1) is 8.07 Å². The van der Waals surface area contributed by atoms with Gasteiger partial charge in [-0.2, -0.15) is 0 Å². The highest BCUT2D eigenvalue weighted by Crippen LogP contribution is 2.48. The Morgan fingerprint density at radius 3 is 2.39 bits per heavy atom. The van der Waals surface area contributed by atoms with Crippen LogP contribution in [0.3, 0.4) is 0 Å². The van der Waals surface area contributed by atoms with Gasteiger partial charge in [0.15, 0.2) is 0 Å². The van der Waals surface area contributed by atoms with Crippen molar-refractivity contribution in [2.75, 3.05) is 0 Å². The summed E-state index contributed by atoms with van der Waals surface area (Å²) in [5, 5.41) is 1.48. The molecule has 2 heteroatoms. The smallest absolute Gasteiger partial charge is 0.132 e. The lowest BCUT2D eigenvalue weighted by Gasteiger charge is -2.46. The molecule has 0 heterocycles. The van der Waals surface area contributed by atoms with Gasteiger partial charge in [0.1, 0.15) is 5.78 Å². The predicted octanol–water partition coefficient (Wildman–Crippen LogP) is 3.75. The molecule has 18 heavy (non-hydrogen) atoms. The first-order chi connectivity index (χ1) is 8.34. The van der Waals surface area contributed by atoms with Crippen LogP contribution in [-0.2, 0) is 4.79 Å². The first-order valence-corrected chi connectivity index (χ1v) is 9.99. The number of Topliss-reactive ketones (excluding diaryl/α,β-unsaturated/α-hetero) is 1. The van der Waals surface area contributed by atoms with Gasteiger partial charge in [0, 0.05) is 12.8 Å². The van der Waals surface area contributed by atoms with Crippen LogP contribution >= 0.6 is 0 Å². The van der Waals surface area contributed by atoms with Gasteiger partial charge in [0.25, 0.3) is 0 Å². The van der Waals surface area contributed by atoms with Gasteiger partial charge in [0.2, 0.25) is 0 Å². The average molecular weight is 260 g/mol. The van der Waals surface area contributed by atoms with Crippen LogP contribution in [0.5, 0.6) is 0 Å². The predicted molar refractivity (Wildman–Crippen MR) is 79.9 cm³/mol.